The molecule has 0 saturated carbocycles. The number of unbranched alkanes of at least 4 members (excludes halogenated alkanes) is 2. The Morgan fingerprint density at radius 1 is 0.720 bits per heavy atom. The molecule has 6 heteroatoms. The van der Waals surface area contributed by atoms with Crippen LogP contribution in [-0.4, -0.2) is 24.2 Å². The van der Waals surface area contributed by atoms with Gasteiger partial charge in [-0.2, -0.15) is 0 Å². The Morgan fingerprint density at radius 3 is 1.84 bits per heavy atom. The molecule has 25 heavy (non-hydrogen) atoms. The van der Waals surface area contributed by atoms with E-state index in [1.807, 2.05) is 60.7 Å². The largest absolute Gasteiger partial charge is 0.362 e. The number of carbonyl (C=O) groups is 1. The molecule has 2 aromatic rings. The average Bonchev–Trinajstić information content (AvgIpc) is 2.62. The molecule has 2 rings (SSSR count). The van der Waals surface area contributed by atoms with Gasteiger partial charge >= 0.3 is 6.03 Å². The Labute approximate surface area is 154 Å². The van der Waals surface area contributed by atoms with Crippen LogP contribution in [0.5, 0.6) is 0 Å². The lowest BCUT2D eigenvalue weighted by Gasteiger charge is -2.10. The van der Waals surface area contributed by atoms with Crippen molar-refractivity contribution >= 4 is 34.7 Å². The molecule has 0 radical (unpaired) electrons. The smallest absolute Gasteiger partial charge is 0.319 e. The standard InChI is InChI=1S/C19H24N4OS/c24-18(22-16-10-4-1-5-11-16)20-14-8-3-9-15-21-19(25)23-17-12-6-2-7-13-17/h1-2,4-7,10-13H,3,8-9,14-15H2,(H2,20,22,24)(H2,21,23,25). The number of hydrogen-bond donors (Lipinski definition) is 4. The zero-order valence-corrected chi connectivity index (χ0v) is 14.9. The van der Waals surface area contributed by atoms with E-state index in [0.29, 0.717) is 11.7 Å². The first-order chi connectivity index (χ1) is 12.2. The molecule has 2 aromatic carbocycles. The predicted molar refractivity (Wildman–Crippen MR) is 108 cm³/mol. The molecule has 0 unspecified atom stereocenters. The fourth-order valence-electron chi connectivity index (χ4n) is 2.22. The van der Waals surface area contributed by atoms with Gasteiger partial charge in [-0.25, -0.2) is 4.79 Å². The number of anilines is 2. The quantitative estimate of drug-likeness (QED) is 0.427. The number of thiocarbonyl (C=S) groups is 1. The Hall–Kier alpha value is -2.60. The van der Waals surface area contributed by atoms with Gasteiger partial charge in [-0.3, -0.25) is 0 Å². The molecule has 0 atom stereocenters. The number of amides is 2. The Morgan fingerprint density at radius 2 is 1.24 bits per heavy atom. The topological polar surface area (TPSA) is 65.2 Å². The Kier molecular flexibility index (Phi) is 8.27. The van der Waals surface area contributed by atoms with Crippen molar-refractivity contribution in [1.82, 2.24) is 10.6 Å². The van der Waals surface area contributed by atoms with Gasteiger partial charge in [-0.15, -0.1) is 0 Å². The molecule has 132 valence electrons. The van der Waals surface area contributed by atoms with Gasteiger partial charge in [0.05, 0.1) is 0 Å². The highest BCUT2D eigenvalue weighted by Crippen LogP contribution is 2.05. The van der Waals surface area contributed by atoms with Gasteiger partial charge in [-0.1, -0.05) is 36.4 Å². The second-order valence-electron chi connectivity index (χ2n) is 5.55. The van der Waals surface area contributed by atoms with Crippen LogP contribution in [0, 0.1) is 0 Å². The fraction of sp³-hybridized carbons (Fsp3) is 0.263. The molecule has 0 fully saturated rings. The minimum atomic E-state index is -0.169. The van der Waals surface area contributed by atoms with E-state index in [9.17, 15) is 4.79 Å². The number of carbonyl (C=O) groups excluding carboxylic acids is 1. The molecule has 0 aliphatic carbocycles. The van der Waals surface area contributed by atoms with Gasteiger partial charge in [-0.05, 0) is 55.7 Å². The molecule has 4 N–H and O–H groups in total. The maximum Gasteiger partial charge on any atom is 0.319 e. The summed E-state index contributed by atoms with van der Waals surface area (Å²) in [5, 5.41) is 12.6. The van der Waals surface area contributed by atoms with Crippen LogP contribution in [-0.2, 0) is 0 Å². The van der Waals surface area contributed by atoms with Crippen LogP contribution in [0.4, 0.5) is 16.2 Å². The molecule has 0 spiro atoms. The number of hydrogen-bond acceptors (Lipinski definition) is 2. The molecule has 0 aliphatic heterocycles. The minimum Gasteiger partial charge on any atom is -0.362 e. The Balaban J connectivity index is 1.46. The van der Waals surface area contributed by atoms with Gasteiger partial charge in [0.25, 0.3) is 0 Å². The van der Waals surface area contributed by atoms with Gasteiger partial charge in [0.1, 0.15) is 0 Å². The summed E-state index contributed by atoms with van der Waals surface area (Å²) >= 11 is 5.25. The van der Waals surface area contributed by atoms with Crippen molar-refractivity contribution in [3.63, 3.8) is 0 Å². The van der Waals surface area contributed by atoms with Gasteiger partial charge < -0.3 is 21.3 Å². The molecule has 0 bridgehead atoms. The van der Waals surface area contributed by atoms with E-state index in [2.05, 4.69) is 21.3 Å². The SMILES string of the molecule is O=C(NCCCCCNC(=S)Nc1ccccc1)Nc1ccccc1. The van der Waals surface area contributed by atoms with Crippen LogP contribution in [0.3, 0.4) is 0 Å². The van der Waals surface area contributed by atoms with Crippen LogP contribution in [0.15, 0.2) is 60.7 Å². The van der Waals surface area contributed by atoms with Crippen molar-refractivity contribution in [2.24, 2.45) is 0 Å². The molecule has 0 saturated heterocycles. The highest BCUT2D eigenvalue weighted by atomic mass is 32.1. The summed E-state index contributed by atoms with van der Waals surface area (Å²) in [6.07, 6.45) is 2.95. The van der Waals surface area contributed by atoms with E-state index in [-0.39, 0.29) is 6.03 Å². The number of nitrogens with one attached hydrogen (secondary N) is 4. The monoisotopic (exact) mass is 356 g/mol. The number of benzene rings is 2. The summed E-state index contributed by atoms with van der Waals surface area (Å²) in [5.74, 6) is 0. The van der Waals surface area contributed by atoms with Crippen molar-refractivity contribution < 1.29 is 4.79 Å². The third-order valence-corrected chi connectivity index (χ3v) is 3.73. The Bertz CT molecular complexity index is 591. The van der Waals surface area contributed by atoms with Gasteiger partial charge in [0.2, 0.25) is 0 Å². The van der Waals surface area contributed by atoms with Gasteiger partial charge in [0, 0.05) is 24.5 Å². The van der Waals surface area contributed by atoms with Crippen LogP contribution in [0.25, 0.3) is 0 Å². The summed E-state index contributed by atoms with van der Waals surface area (Å²) in [6, 6.07) is 19.1. The highest BCUT2D eigenvalue weighted by Gasteiger charge is 2.00. The summed E-state index contributed by atoms with van der Waals surface area (Å²) in [7, 11) is 0. The zero-order chi connectivity index (χ0) is 17.7. The summed E-state index contributed by atoms with van der Waals surface area (Å²) in [4.78, 5) is 11.7. The first-order valence-corrected chi connectivity index (χ1v) is 8.84. The lowest BCUT2D eigenvalue weighted by Crippen LogP contribution is -2.30. The van der Waals surface area contributed by atoms with E-state index in [1.165, 1.54) is 0 Å². The van der Waals surface area contributed by atoms with E-state index < -0.39 is 0 Å². The third-order valence-electron chi connectivity index (χ3n) is 3.49. The molecule has 0 heterocycles. The van der Waals surface area contributed by atoms with E-state index in [0.717, 1.165) is 37.2 Å². The van der Waals surface area contributed by atoms with E-state index in [1.54, 1.807) is 0 Å². The minimum absolute atomic E-state index is 0.169. The molecule has 2 amide bonds. The number of rotatable bonds is 8. The maximum absolute atomic E-state index is 11.7. The zero-order valence-electron chi connectivity index (χ0n) is 14.1. The van der Waals surface area contributed by atoms with Crippen molar-refractivity contribution in [2.75, 3.05) is 23.7 Å². The molecular weight excluding hydrogens is 332 g/mol. The second-order valence-corrected chi connectivity index (χ2v) is 5.96. The fourth-order valence-corrected chi connectivity index (χ4v) is 2.44. The van der Waals surface area contributed by atoms with E-state index >= 15 is 0 Å². The van der Waals surface area contributed by atoms with Crippen LogP contribution < -0.4 is 21.3 Å². The van der Waals surface area contributed by atoms with Crippen LogP contribution >= 0.6 is 12.2 Å². The summed E-state index contributed by atoms with van der Waals surface area (Å²) in [6.45, 7) is 1.47. The first-order valence-electron chi connectivity index (χ1n) is 8.44. The lowest BCUT2D eigenvalue weighted by molar-refractivity contribution is 0.252. The first kappa shape index (κ1) is 18.7. The van der Waals surface area contributed by atoms with Crippen molar-refractivity contribution in [2.45, 2.75) is 19.3 Å². The molecule has 0 aromatic heterocycles. The number of para-hydroxylation sites is 2. The van der Waals surface area contributed by atoms with E-state index in [4.69, 9.17) is 12.2 Å². The second kappa shape index (κ2) is 11.0. The van der Waals surface area contributed by atoms with Crippen molar-refractivity contribution in [3.05, 3.63) is 60.7 Å². The maximum atomic E-state index is 11.7. The van der Waals surface area contributed by atoms with Crippen molar-refractivity contribution in [1.29, 1.82) is 0 Å². The van der Waals surface area contributed by atoms with Crippen molar-refractivity contribution in [3.8, 4) is 0 Å². The molecular formula is C19H24N4OS. The molecule has 0 aliphatic rings. The van der Waals surface area contributed by atoms with Gasteiger partial charge in [0.15, 0.2) is 5.11 Å². The lowest BCUT2D eigenvalue weighted by atomic mass is 10.2. The predicted octanol–water partition coefficient (Wildman–Crippen LogP) is 3.97. The third kappa shape index (κ3) is 8.17. The number of urea groups is 1. The summed E-state index contributed by atoms with van der Waals surface area (Å²) in [5.41, 5.74) is 1.78. The molecule has 5 nitrogen and oxygen atoms in total. The highest BCUT2D eigenvalue weighted by molar-refractivity contribution is 7.80. The van der Waals surface area contributed by atoms with Crippen LogP contribution in [0.2, 0.25) is 0 Å². The average molecular weight is 356 g/mol. The van der Waals surface area contributed by atoms with Crippen LogP contribution in [0.1, 0.15) is 19.3 Å². The normalized spacial score (nSPS) is 9.92. The summed E-state index contributed by atoms with van der Waals surface area (Å²) < 4.78 is 0.